The van der Waals surface area contributed by atoms with Crippen LogP contribution in [0.15, 0.2) is 54.3 Å². The van der Waals surface area contributed by atoms with Gasteiger partial charge in [0.25, 0.3) is 5.91 Å². The molecule has 0 radical (unpaired) electrons. The molecule has 1 aromatic carbocycles. The minimum atomic E-state index is -0.00672. The van der Waals surface area contributed by atoms with E-state index < -0.39 is 0 Å². The van der Waals surface area contributed by atoms with Crippen LogP contribution in [-0.4, -0.2) is 31.8 Å². The monoisotopic (exact) mass is 336 g/mol. The second-order valence-corrected chi connectivity index (χ2v) is 6.64. The van der Waals surface area contributed by atoms with Gasteiger partial charge in [0.1, 0.15) is 16.4 Å². The van der Waals surface area contributed by atoms with Crippen molar-refractivity contribution in [3.63, 3.8) is 0 Å². The van der Waals surface area contributed by atoms with Crippen molar-refractivity contribution >= 4 is 17.2 Å². The summed E-state index contributed by atoms with van der Waals surface area (Å²) in [5.41, 5.74) is 2.33. The van der Waals surface area contributed by atoms with Crippen LogP contribution in [0.3, 0.4) is 0 Å². The van der Waals surface area contributed by atoms with E-state index in [-0.39, 0.29) is 5.91 Å². The zero-order chi connectivity index (χ0) is 16.4. The van der Waals surface area contributed by atoms with Gasteiger partial charge in [0.2, 0.25) is 0 Å². The number of carbonyl (C=O) groups excluding carboxylic acids is 1. The minimum Gasteiger partial charge on any atom is -0.330 e. The zero-order valence-electron chi connectivity index (χ0n) is 13.0. The summed E-state index contributed by atoms with van der Waals surface area (Å²) >= 11 is 1.43. The van der Waals surface area contributed by atoms with Crippen LogP contribution < -0.4 is 0 Å². The lowest BCUT2D eigenvalue weighted by atomic mass is 10.2. The number of benzene rings is 1. The Kier molecular flexibility index (Phi) is 4.04. The van der Waals surface area contributed by atoms with E-state index in [1.165, 1.54) is 11.3 Å². The van der Waals surface area contributed by atoms with E-state index in [1.807, 2.05) is 28.5 Å². The molecule has 5 nitrogen and oxygen atoms in total. The van der Waals surface area contributed by atoms with E-state index in [0.717, 1.165) is 23.4 Å². The predicted octanol–water partition coefficient (Wildman–Crippen LogP) is 3.40. The van der Waals surface area contributed by atoms with Gasteiger partial charge in [0.05, 0.1) is 6.20 Å². The molecule has 0 spiro atoms. The molecular formula is C18H16N4OS. The molecule has 0 aliphatic heterocycles. The molecule has 6 heteroatoms. The second-order valence-electron chi connectivity index (χ2n) is 5.78. The first kappa shape index (κ1) is 15.0. The van der Waals surface area contributed by atoms with Crippen molar-refractivity contribution in [2.75, 3.05) is 0 Å². The standard InChI is InChI=1S/C18H16N4OS/c23-18(16-12-24-17(21-16)15-10-19-8-9-20-15)22(14-6-7-14)11-13-4-2-1-3-5-13/h1-5,8-10,12,14H,6-7,11H2. The van der Waals surface area contributed by atoms with Crippen molar-refractivity contribution in [3.05, 3.63) is 65.6 Å². The highest BCUT2D eigenvalue weighted by molar-refractivity contribution is 7.13. The van der Waals surface area contributed by atoms with E-state index in [0.29, 0.717) is 24.0 Å². The highest BCUT2D eigenvalue weighted by Gasteiger charge is 2.34. The fraction of sp³-hybridized carbons (Fsp3) is 0.222. The van der Waals surface area contributed by atoms with E-state index in [4.69, 9.17) is 0 Å². The normalized spacial score (nSPS) is 13.7. The summed E-state index contributed by atoms with van der Waals surface area (Å²) in [5, 5.41) is 2.54. The first-order valence-electron chi connectivity index (χ1n) is 7.88. The topological polar surface area (TPSA) is 59.0 Å². The number of nitrogens with zero attached hydrogens (tertiary/aromatic N) is 4. The van der Waals surface area contributed by atoms with Crippen molar-refractivity contribution in [2.45, 2.75) is 25.4 Å². The van der Waals surface area contributed by atoms with Gasteiger partial charge in [-0.3, -0.25) is 14.8 Å². The van der Waals surface area contributed by atoms with Crippen LogP contribution in [-0.2, 0) is 6.54 Å². The van der Waals surface area contributed by atoms with Crippen LogP contribution >= 0.6 is 11.3 Å². The molecule has 120 valence electrons. The van der Waals surface area contributed by atoms with Gasteiger partial charge in [-0.2, -0.15) is 0 Å². The summed E-state index contributed by atoms with van der Waals surface area (Å²) in [5.74, 6) is -0.00672. The van der Waals surface area contributed by atoms with Gasteiger partial charge >= 0.3 is 0 Å². The smallest absolute Gasteiger partial charge is 0.273 e. The number of carbonyl (C=O) groups is 1. The van der Waals surface area contributed by atoms with Crippen LogP contribution in [0.25, 0.3) is 10.7 Å². The second kappa shape index (κ2) is 6.49. The summed E-state index contributed by atoms with van der Waals surface area (Å²) in [6, 6.07) is 10.4. The maximum atomic E-state index is 12.9. The Morgan fingerprint density at radius 2 is 2.04 bits per heavy atom. The quantitative estimate of drug-likeness (QED) is 0.716. The van der Waals surface area contributed by atoms with Crippen LogP contribution in [0.1, 0.15) is 28.9 Å². The fourth-order valence-corrected chi connectivity index (χ4v) is 3.33. The van der Waals surface area contributed by atoms with Crippen LogP contribution in [0.4, 0.5) is 0 Å². The lowest BCUT2D eigenvalue weighted by molar-refractivity contribution is 0.0725. The molecule has 0 atom stereocenters. The molecule has 1 aliphatic carbocycles. The third-order valence-corrected chi connectivity index (χ3v) is 4.81. The maximum Gasteiger partial charge on any atom is 0.273 e. The van der Waals surface area contributed by atoms with Gasteiger partial charge < -0.3 is 4.90 Å². The highest BCUT2D eigenvalue weighted by Crippen LogP contribution is 2.30. The van der Waals surface area contributed by atoms with Crippen molar-refractivity contribution in [3.8, 4) is 10.7 Å². The zero-order valence-corrected chi connectivity index (χ0v) is 13.8. The number of hydrogen-bond acceptors (Lipinski definition) is 5. The molecule has 0 unspecified atom stereocenters. The predicted molar refractivity (Wildman–Crippen MR) is 92.5 cm³/mol. The summed E-state index contributed by atoms with van der Waals surface area (Å²) in [7, 11) is 0. The third-order valence-electron chi connectivity index (χ3n) is 3.95. The van der Waals surface area contributed by atoms with E-state index in [1.54, 1.807) is 18.6 Å². The van der Waals surface area contributed by atoms with Gasteiger partial charge in [-0.25, -0.2) is 4.98 Å². The fourth-order valence-electron chi connectivity index (χ4n) is 2.58. The number of thiazole rings is 1. The molecule has 3 aromatic rings. The molecule has 4 rings (SSSR count). The lowest BCUT2D eigenvalue weighted by Crippen LogP contribution is -2.32. The third kappa shape index (κ3) is 3.19. The summed E-state index contributed by atoms with van der Waals surface area (Å²) < 4.78 is 0. The average Bonchev–Trinajstić information content (AvgIpc) is 3.36. The van der Waals surface area contributed by atoms with Gasteiger partial charge in [-0.15, -0.1) is 11.3 Å². The Morgan fingerprint density at radius 3 is 2.75 bits per heavy atom. The van der Waals surface area contributed by atoms with Crippen molar-refractivity contribution < 1.29 is 4.79 Å². The first-order chi connectivity index (χ1) is 11.8. The Morgan fingerprint density at radius 1 is 1.21 bits per heavy atom. The molecule has 1 saturated carbocycles. The van der Waals surface area contributed by atoms with Gasteiger partial charge in [-0.1, -0.05) is 30.3 Å². The summed E-state index contributed by atoms with van der Waals surface area (Å²) in [4.78, 5) is 27.6. The molecule has 0 bridgehead atoms. The molecular weight excluding hydrogens is 320 g/mol. The SMILES string of the molecule is O=C(c1csc(-c2cnccn2)n1)N(Cc1ccccc1)C1CC1. The van der Waals surface area contributed by atoms with Gasteiger partial charge in [0.15, 0.2) is 0 Å². The van der Waals surface area contributed by atoms with E-state index in [2.05, 4.69) is 27.1 Å². The Hall–Kier alpha value is -2.60. The molecule has 1 amide bonds. The van der Waals surface area contributed by atoms with Crippen molar-refractivity contribution in [1.29, 1.82) is 0 Å². The van der Waals surface area contributed by atoms with E-state index in [9.17, 15) is 4.79 Å². The van der Waals surface area contributed by atoms with Gasteiger partial charge in [-0.05, 0) is 18.4 Å². The number of amides is 1. The van der Waals surface area contributed by atoms with Crippen molar-refractivity contribution in [1.82, 2.24) is 19.9 Å². The highest BCUT2D eigenvalue weighted by atomic mass is 32.1. The Labute approximate surface area is 144 Å². The van der Waals surface area contributed by atoms with Crippen LogP contribution in [0.5, 0.6) is 0 Å². The number of hydrogen-bond donors (Lipinski definition) is 0. The molecule has 24 heavy (non-hydrogen) atoms. The van der Waals surface area contributed by atoms with Crippen LogP contribution in [0.2, 0.25) is 0 Å². The van der Waals surface area contributed by atoms with Crippen LogP contribution in [0, 0.1) is 0 Å². The Bertz CT molecular complexity index is 830. The summed E-state index contributed by atoms with van der Waals surface area (Å²) in [6.45, 7) is 0.627. The minimum absolute atomic E-state index is 0.00672. The first-order valence-corrected chi connectivity index (χ1v) is 8.76. The lowest BCUT2D eigenvalue weighted by Gasteiger charge is -2.21. The molecule has 1 fully saturated rings. The molecule has 2 aromatic heterocycles. The molecule has 0 saturated heterocycles. The summed E-state index contributed by atoms with van der Waals surface area (Å²) in [6.07, 6.45) is 7.05. The molecule has 2 heterocycles. The molecule has 1 aliphatic rings. The average molecular weight is 336 g/mol. The number of aromatic nitrogens is 3. The van der Waals surface area contributed by atoms with Crippen molar-refractivity contribution in [2.24, 2.45) is 0 Å². The number of rotatable bonds is 5. The van der Waals surface area contributed by atoms with E-state index >= 15 is 0 Å². The largest absolute Gasteiger partial charge is 0.330 e. The maximum absolute atomic E-state index is 12.9. The Balaban J connectivity index is 1.56. The van der Waals surface area contributed by atoms with Gasteiger partial charge in [0, 0.05) is 30.4 Å². The molecule has 0 N–H and O–H groups in total.